The normalized spacial score (nSPS) is 10.1. The van der Waals surface area contributed by atoms with Gasteiger partial charge in [-0.15, -0.1) is 0 Å². The largest absolute Gasteiger partial charge is 1.00 e. The second-order valence-corrected chi connectivity index (χ2v) is 3.21. The van der Waals surface area contributed by atoms with Gasteiger partial charge in [-0.3, -0.25) is 0 Å². The van der Waals surface area contributed by atoms with Crippen LogP contribution in [0.3, 0.4) is 0 Å². The molecule has 2 rings (SSSR count). The Morgan fingerprint density at radius 3 is 2.14 bits per heavy atom. The number of hydrogen-bond acceptors (Lipinski definition) is 0. The predicted octanol–water partition coefficient (Wildman–Crippen LogP) is 3.33. The zero-order valence-corrected chi connectivity index (χ0v) is 7.70. The van der Waals surface area contributed by atoms with Crippen LogP contribution < -0.4 is 0 Å². The zero-order valence-electron chi connectivity index (χ0n) is 8.70. The van der Waals surface area contributed by atoms with Crippen molar-refractivity contribution < 1.29 is 5.82 Å². The average molecular weight is 186 g/mol. The molecule has 0 saturated carbocycles. The van der Waals surface area contributed by atoms with Gasteiger partial charge in [-0.05, 0) is 35.7 Å². The quantitative estimate of drug-likeness (QED) is 0.674. The summed E-state index contributed by atoms with van der Waals surface area (Å²) in [5.74, 6) is -0.185. The number of rotatable bonds is 2. The van der Waals surface area contributed by atoms with E-state index in [2.05, 4.69) is 6.07 Å². The highest BCUT2D eigenvalue weighted by molar-refractivity contribution is 5.25. The third-order valence-electron chi connectivity index (χ3n) is 2.11. The van der Waals surface area contributed by atoms with Gasteiger partial charge in [0.05, 0.1) is 0 Å². The van der Waals surface area contributed by atoms with Crippen molar-refractivity contribution in [3.05, 3.63) is 71.5 Å². The van der Waals surface area contributed by atoms with Crippen LogP contribution in [0.4, 0.5) is 4.39 Å². The maximum absolute atomic E-state index is 12.6. The van der Waals surface area contributed by atoms with Gasteiger partial charge in [-0.2, -0.15) is 0 Å². The van der Waals surface area contributed by atoms with Crippen LogP contribution in [-0.4, -0.2) is 0 Å². The van der Waals surface area contributed by atoms with Crippen molar-refractivity contribution in [2.24, 2.45) is 0 Å². The van der Waals surface area contributed by atoms with Crippen LogP contribution in [0.5, 0.6) is 0 Å². The van der Waals surface area contributed by atoms with Gasteiger partial charge in [0.25, 0.3) is 0 Å². The Morgan fingerprint density at radius 1 is 0.929 bits per heavy atom. The third kappa shape index (κ3) is 2.19. The maximum atomic E-state index is 12.6. The molecule has 0 atom stereocenters. The molecule has 2 aromatic rings. The highest BCUT2D eigenvalue weighted by Crippen LogP contribution is 2.09. The van der Waals surface area contributed by atoms with Crippen molar-refractivity contribution in [3.63, 3.8) is 0 Å². The van der Waals surface area contributed by atoms with Gasteiger partial charge in [0, 0.05) is 0 Å². The van der Waals surface area contributed by atoms with E-state index >= 15 is 0 Å². The molecule has 1 radical (unpaired) electrons. The lowest BCUT2D eigenvalue weighted by Crippen LogP contribution is -1.87. The molecule has 0 saturated heterocycles. The predicted molar refractivity (Wildman–Crippen MR) is 55.6 cm³/mol. The van der Waals surface area contributed by atoms with Gasteiger partial charge in [0.15, 0.2) is 0 Å². The summed E-state index contributed by atoms with van der Waals surface area (Å²) in [6.45, 7) is 0. The van der Waals surface area contributed by atoms with Crippen molar-refractivity contribution in [2.75, 3.05) is 0 Å². The Morgan fingerprint density at radius 2 is 1.50 bits per heavy atom. The molecule has 0 bridgehead atoms. The molecule has 0 aliphatic heterocycles. The summed E-state index contributed by atoms with van der Waals surface area (Å²) >= 11 is 0. The van der Waals surface area contributed by atoms with Gasteiger partial charge in [-0.25, -0.2) is 4.39 Å². The summed E-state index contributed by atoms with van der Waals surface area (Å²) in [6, 6.07) is 17.4. The molecule has 1 heteroatoms. The second-order valence-electron chi connectivity index (χ2n) is 3.21. The minimum atomic E-state index is -0.185. The van der Waals surface area contributed by atoms with E-state index in [9.17, 15) is 4.39 Å². The van der Waals surface area contributed by atoms with E-state index in [4.69, 9.17) is 0 Å². The van der Waals surface area contributed by atoms with Crippen LogP contribution in [0.15, 0.2) is 48.5 Å². The number of benzene rings is 2. The molecule has 0 fully saturated rings. The molecule has 0 spiro atoms. The first kappa shape index (κ1) is 8.95. The van der Waals surface area contributed by atoms with Crippen LogP contribution >= 0.6 is 0 Å². The summed E-state index contributed by atoms with van der Waals surface area (Å²) in [5, 5.41) is 0. The van der Waals surface area contributed by atoms with E-state index in [0.29, 0.717) is 0 Å². The van der Waals surface area contributed by atoms with Crippen LogP contribution in [0.25, 0.3) is 0 Å². The first-order valence-electron chi connectivity index (χ1n) is 4.54. The molecular formula is C13H11F+. The van der Waals surface area contributed by atoms with E-state index < -0.39 is 0 Å². The molecule has 0 heterocycles. The van der Waals surface area contributed by atoms with Crippen LogP contribution in [-0.2, 0) is 6.42 Å². The SMILES string of the molecule is Fc1ccc(Cc2cc[c]cc2)cc1.[H+]. The molecule has 0 aliphatic carbocycles. The fourth-order valence-corrected chi connectivity index (χ4v) is 1.38. The Balaban J connectivity index is 0.00000112. The second kappa shape index (κ2) is 4.05. The van der Waals surface area contributed by atoms with Crippen molar-refractivity contribution in [1.29, 1.82) is 0 Å². The number of hydrogen-bond donors (Lipinski definition) is 0. The lowest BCUT2D eigenvalue weighted by Gasteiger charge is -2.00. The highest BCUT2D eigenvalue weighted by Gasteiger charge is 1.95. The maximum Gasteiger partial charge on any atom is 1.00 e. The van der Waals surface area contributed by atoms with Crippen molar-refractivity contribution in [1.82, 2.24) is 0 Å². The number of halogens is 1. The summed E-state index contributed by atoms with van der Waals surface area (Å²) in [4.78, 5) is 0. The van der Waals surface area contributed by atoms with Gasteiger partial charge >= 0.3 is 1.43 Å². The zero-order chi connectivity index (χ0) is 9.80. The first-order valence-corrected chi connectivity index (χ1v) is 4.54. The minimum absolute atomic E-state index is 0. The van der Waals surface area contributed by atoms with Gasteiger partial charge < -0.3 is 0 Å². The van der Waals surface area contributed by atoms with Gasteiger partial charge in [0.2, 0.25) is 0 Å². The van der Waals surface area contributed by atoms with Gasteiger partial charge in [-0.1, -0.05) is 36.4 Å². The van der Waals surface area contributed by atoms with E-state index in [0.717, 1.165) is 12.0 Å². The van der Waals surface area contributed by atoms with E-state index in [1.807, 2.05) is 36.4 Å². The Kier molecular flexibility index (Phi) is 2.59. The highest BCUT2D eigenvalue weighted by atomic mass is 19.1. The molecule has 69 valence electrons. The molecule has 0 aromatic heterocycles. The molecule has 0 nitrogen and oxygen atoms in total. The lowest BCUT2D eigenvalue weighted by molar-refractivity contribution is 0.627. The Bertz CT molecular complexity index is 395. The molecule has 2 aromatic carbocycles. The van der Waals surface area contributed by atoms with Crippen LogP contribution in [0, 0.1) is 11.9 Å². The Hall–Kier alpha value is -1.63. The Labute approximate surface area is 84.5 Å². The monoisotopic (exact) mass is 186 g/mol. The van der Waals surface area contributed by atoms with Gasteiger partial charge in [0.1, 0.15) is 5.82 Å². The molecule has 0 aliphatic rings. The lowest BCUT2D eigenvalue weighted by atomic mass is 10.1. The molecular weight excluding hydrogens is 175 g/mol. The van der Waals surface area contributed by atoms with E-state index in [-0.39, 0.29) is 7.24 Å². The van der Waals surface area contributed by atoms with Crippen LogP contribution in [0.2, 0.25) is 0 Å². The molecule has 0 amide bonds. The third-order valence-corrected chi connectivity index (χ3v) is 2.11. The summed E-state index contributed by atoms with van der Waals surface area (Å²) < 4.78 is 12.6. The van der Waals surface area contributed by atoms with Crippen molar-refractivity contribution in [2.45, 2.75) is 6.42 Å². The fraction of sp³-hybridized carbons (Fsp3) is 0.0769. The molecule has 0 unspecified atom stereocenters. The topological polar surface area (TPSA) is 0 Å². The fourth-order valence-electron chi connectivity index (χ4n) is 1.38. The first-order chi connectivity index (χ1) is 6.84. The molecule has 0 N–H and O–H groups in total. The van der Waals surface area contributed by atoms with E-state index in [1.54, 1.807) is 0 Å². The smallest absolute Gasteiger partial charge is 0.207 e. The molecule has 14 heavy (non-hydrogen) atoms. The van der Waals surface area contributed by atoms with Crippen molar-refractivity contribution in [3.8, 4) is 0 Å². The standard InChI is InChI=1S/C13H10F/c14-13-8-6-12(7-9-13)10-11-4-2-1-3-5-11/h2-9H,10H2/p+1. The average Bonchev–Trinajstić information content (AvgIpc) is 2.23. The summed E-state index contributed by atoms with van der Waals surface area (Å²) in [5.41, 5.74) is 2.34. The summed E-state index contributed by atoms with van der Waals surface area (Å²) in [7, 11) is 0. The minimum Gasteiger partial charge on any atom is -0.207 e. The van der Waals surface area contributed by atoms with Crippen LogP contribution in [0.1, 0.15) is 12.6 Å². The summed E-state index contributed by atoms with van der Waals surface area (Å²) in [6.07, 6.45) is 0.842. The van der Waals surface area contributed by atoms with Crippen molar-refractivity contribution >= 4 is 0 Å². The van der Waals surface area contributed by atoms with E-state index in [1.165, 1.54) is 17.7 Å².